The second-order valence-electron chi connectivity index (χ2n) is 7.18. The Morgan fingerprint density at radius 3 is 2.61 bits per heavy atom. The van der Waals surface area contributed by atoms with Gasteiger partial charge in [-0.05, 0) is 41.5 Å². The van der Waals surface area contributed by atoms with Gasteiger partial charge in [-0.3, -0.25) is 15.1 Å². The monoisotopic (exact) mass is 458 g/mol. The fourth-order valence-corrected chi connectivity index (χ4v) is 4.17. The molecule has 0 fully saturated rings. The fourth-order valence-electron chi connectivity index (χ4n) is 3.33. The summed E-state index contributed by atoms with van der Waals surface area (Å²) in [6.07, 6.45) is 1.73. The lowest BCUT2D eigenvalue weighted by Crippen LogP contribution is -2.12. The van der Waals surface area contributed by atoms with Crippen LogP contribution < -0.4 is 14.3 Å². The lowest BCUT2D eigenvalue weighted by Gasteiger charge is -2.04. The molecule has 164 valence electrons. The van der Waals surface area contributed by atoms with E-state index in [2.05, 4.69) is 5.10 Å². The molecular formula is C24H18N4O4S. The van der Waals surface area contributed by atoms with Crippen molar-refractivity contribution in [3.8, 4) is 22.8 Å². The summed E-state index contributed by atoms with van der Waals surface area (Å²) in [6, 6.07) is 22.0. The quantitative estimate of drug-likeness (QED) is 0.235. The number of hydrogen-bond donors (Lipinski definition) is 0. The summed E-state index contributed by atoms with van der Waals surface area (Å²) in [5.41, 5.74) is 3.58. The Bertz CT molecular complexity index is 1390. The van der Waals surface area contributed by atoms with Gasteiger partial charge in [0.25, 0.3) is 5.69 Å². The summed E-state index contributed by atoms with van der Waals surface area (Å²) in [5.74, 6) is 1.39. The van der Waals surface area contributed by atoms with Gasteiger partial charge in [-0.2, -0.15) is 5.10 Å². The number of fused-ring (bicyclic) bond motifs is 1. The van der Waals surface area contributed by atoms with Crippen molar-refractivity contribution in [2.75, 3.05) is 6.79 Å². The number of nitro benzene ring substituents is 1. The van der Waals surface area contributed by atoms with Gasteiger partial charge in [0.2, 0.25) is 11.6 Å². The van der Waals surface area contributed by atoms with Crippen molar-refractivity contribution < 1.29 is 14.4 Å². The highest BCUT2D eigenvalue weighted by molar-refractivity contribution is 7.07. The van der Waals surface area contributed by atoms with Crippen LogP contribution in [0.25, 0.3) is 11.3 Å². The number of nitro groups is 1. The van der Waals surface area contributed by atoms with Crippen LogP contribution in [-0.2, 0) is 6.54 Å². The van der Waals surface area contributed by atoms with E-state index in [0.717, 1.165) is 22.4 Å². The molecule has 5 rings (SSSR count). The molecule has 0 spiro atoms. The van der Waals surface area contributed by atoms with Gasteiger partial charge in [0.05, 0.1) is 23.4 Å². The molecule has 0 atom stereocenters. The third kappa shape index (κ3) is 4.53. The van der Waals surface area contributed by atoms with Crippen molar-refractivity contribution in [2.45, 2.75) is 6.54 Å². The Balaban J connectivity index is 1.53. The second-order valence-corrected chi connectivity index (χ2v) is 8.01. The first-order chi connectivity index (χ1) is 16.2. The number of rotatable bonds is 6. The minimum Gasteiger partial charge on any atom is -0.454 e. The first-order valence-electron chi connectivity index (χ1n) is 10.1. The molecule has 0 amide bonds. The summed E-state index contributed by atoms with van der Waals surface area (Å²) in [5, 5.41) is 17.7. The third-order valence-electron chi connectivity index (χ3n) is 5.02. The van der Waals surface area contributed by atoms with Crippen LogP contribution in [0.1, 0.15) is 11.1 Å². The maximum atomic E-state index is 11.0. The number of nitrogens with zero attached hydrogens (tertiary/aromatic N) is 4. The molecule has 33 heavy (non-hydrogen) atoms. The standard InChI is InChI=1S/C24H18N4O4S/c29-28(30)20-9-7-19(8-10-20)21-15-33-24(25-13-17-4-2-1-3-5-17)27(21)26-14-18-6-11-22-23(12-18)32-16-31-22/h1-12,14-15H,13,16H2. The highest BCUT2D eigenvalue weighted by Crippen LogP contribution is 2.32. The van der Waals surface area contributed by atoms with Crippen molar-refractivity contribution in [3.63, 3.8) is 0 Å². The summed E-state index contributed by atoms with van der Waals surface area (Å²) >= 11 is 1.46. The van der Waals surface area contributed by atoms with Gasteiger partial charge in [0.1, 0.15) is 0 Å². The molecule has 0 saturated heterocycles. The zero-order chi connectivity index (χ0) is 22.6. The smallest absolute Gasteiger partial charge is 0.269 e. The van der Waals surface area contributed by atoms with Crippen molar-refractivity contribution >= 4 is 23.2 Å². The van der Waals surface area contributed by atoms with E-state index in [4.69, 9.17) is 14.5 Å². The summed E-state index contributed by atoms with van der Waals surface area (Å²) in [6.45, 7) is 0.725. The van der Waals surface area contributed by atoms with Gasteiger partial charge in [0.15, 0.2) is 11.5 Å². The predicted octanol–water partition coefficient (Wildman–Crippen LogP) is 4.84. The lowest BCUT2D eigenvalue weighted by molar-refractivity contribution is -0.384. The molecule has 4 aromatic rings. The minimum atomic E-state index is -0.413. The van der Waals surface area contributed by atoms with Crippen LogP contribution in [0.5, 0.6) is 11.5 Å². The molecule has 0 N–H and O–H groups in total. The molecule has 1 aliphatic rings. The van der Waals surface area contributed by atoms with Gasteiger partial charge >= 0.3 is 0 Å². The topological polar surface area (TPSA) is 91.2 Å². The van der Waals surface area contributed by atoms with Crippen molar-refractivity contribution in [1.29, 1.82) is 0 Å². The van der Waals surface area contributed by atoms with E-state index in [1.807, 2.05) is 53.9 Å². The SMILES string of the molecule is O=[N+]([O-])c1ccc(-c2csc(=NCc3ccccc3)n2N=Cc2ccc3c(c2)OCO3)cc1. The van der Waals surface area contributed by atoms with Crippen LogP contribution >= 0.6 is 11.3 Å². The predicted molar refractivity (Wildman–Crippen MR) is 126 cm³/mol. The zero-order valence-corrected chi connectivity index (χ0v) is 18.1. The molecule has 0 unspecified atom stereocenters. The minimum absolute atomic E-state index is 0.0402. The zero-order valence-electron chi connectivity index (χ0n) is 17.3. The molecule has 2 heterocycles. The second kappa shape index (κ2) is 9.09. The molecule has 3 aromatic carbocycles. The average Bonchev–Trinajstić information content (AvgIpc) is 3.48. The van der Waals surface area contributed by atoms with Gasteiger partial charge in [-0.25, -0.2) is 4.68 Å². The summed E-state index contributed by atoms with van der Waals surface area (Å²) in [4.78, 5) is 16.1. The molecule has 9 heteroatoms. The fraction of sp³-hybridized carbons (Fsp3) is 0.0833. The molecule has 1 aromatic heterocycles. The van der Waals surface area contributed by atoms with Crippen LogP contribution in [-0.4, -0.2) is 22.6 Å². The van der Waals surface area contributed by atoms with Crippen LogP contribution in [0.3, 0.4) is 0 Å². The first kappa shape index (κ1) is 20.7. The summed E-state index contributed by atoms with van der Waals surface area (Å²) < 4.78 is 12.6. The van der Waals surface area contributed by atoms with Crippen LogP contribution in [0.15, 0.2) is 88.3 Å². The normalized spacial score (nSPS) is 13.0. The number of non-ortho nitro benzene ring substituents is 1. The van der Waals surface area contributed by atoms with Gasteiger partial charge in [-0.1, -0.05) is 30.3 Å². The van der Waals surface area contributed by atoms with Crippen molar-refractivity contribution in [3.05, 3.63) is 104 Å². The highest BCUT2D eigenvalue weighted by Gasteiger charge is 2.13. The van der Waals surface area contributed by atoms with E-state index in [9.17, 15) is 10.1 Å². The van der Waals surface area contributed by atoms with Crippen LogP contribution in [0.4, 0.5) is 5.69 Å². The van der Waals surface area contributed by atoms with Crippen LogP contribution in [0, 0.1) is 10.1 Å². The third-order valence-corrected chi connectivity index (χ3v) is 5.87. The Morgan fingerprint density at radius 2 is 1.82 bits per heavy atom. The molecule has 1 aliphatic heterocycles. The van der Waals surface area contributed by atoms with E-state index in [-0.39, 0.29) is 12.5 Å². The molecule has 0 bridgehead atoms. The van der Waals surface area contributed by atoms with Crippen LogP contribution in [0.2, 0.25) is 0 Å². The number of aromatic nitrogens is 1. The molecular weight excluding hydrogens is 440 g/mol. The largest absolute Gasteiger partial charge is 0.454 e. The number of benzene rings is 3. The average molecular weight is 458 g/mol. The van der Waals surface area contributed by atoms with E-state index >= 15 is 0 Å². The molecule has 0 aliphatic carbocycles. The van der Waals surface area contributed by atoms with Crippen molar-refractivity contribution in [1.82, 2.24) is 4.68 Å². The Labute approximate surface area is 192 Å². The Hall–Kier alpha value is -4.24. The highest BCUT2D eigenvalue weighted by atomic mass is 32.1. The Kier molecular flexibility index (Phi) is 5.69. The van der Waals surface area contributed by atoms with Gasteiger partial charge in [-0.15, -0.1) is 11.3 Å². The van der Waals surface area contributed by atoms with E-state index < -0.39 is 4.92 Å². The maximum Gasteiger partial charge on any atom is 0.269 e. The summed E-state index contributed by atoms with van der Waals surface area (Å²) in [7, 11) is 0. The molecule has 8 nitrogen and oxygen atoms in total. The lowest BCUT2D eigenvalue weighted by atomic mass is 10.1. The number of ether oxygens (including phenoxy) is 2. The number of thiazole rings is 1. The molecule has 0 radical (unpaired) electrons. The van der Waals surface area contributed by atoms with Crippen molar-refractivity contribution in [2.24, 2.45) is 10.1 Å². The molecule has 0 saturated carbocycles. The van der Waals surface area contributed by atoms with Gasteiger partial charge < -0.3 is 9.47 Å². The number of hydrogen-bond acceptors (Lipinski definition) is 7. The maximum absolute atomic E-state index is 11.0. The first-order valence-corrected chi connectivity index (χ1v) is 11.0. The van der Waals surface area contributed by atoms with Gasteiger partial charge in [0, 0.05) is 23.1 Å². The van der Waals surface area contributed by atoms with E-state index in [1.54, 1.807) is 23.0 Å². The Morgan fingerprint density at radius 1 is 1.03 bits per heavy atom. The van der Waals surface area contributed by atoms with E-state index in [0.29, 0.717) is 22.8 Å². The van der Waals surface area contributed by atoms with E-state index in [1.165, 1.54) is 23.5 Å².